The van der Waals surface area contributed by atoms with Crippen LogP contribution >= 0.6 is 23.2 Å². The average molecular weight is 653 g/mol. The predicted octanol–water partition coefficient (Wildman–Crippen LogP) is 6.47. The van der Waals surface area contributed by atoms with E-state index in [1.807, 2.05) is 54.6 Å². The highest BCUT2D eigenvalue weighted by Gasteiger charge is 2.34. The van der Waals surface area contributed by atoms with E-state index in [2.05, 4.69) is 5.32 Å². The lowest BCUT2D eigenvalue weighted by Gasteiger charge is -2.33. The third kappa shape index (κ3) is 7.61. The van der Waals surface area contributed by atoms with Crippen molar-refractivity contribution in [2.45, 2.75) is 55.6 Å². The zero-order valence-corrected chi connectivity index (χ0v) is 26.8. The minimum atomic E-state index is -4.02. The Morgan fingerprint density at radius 1 is 0.841 bits per heavy atom. The molecule has 1 N–H and O–H groups in total. The first-order valence-corrected chi connectivity index (χ1v) is 16.8. The molecular formula is C34H35Cl2N3O4S. The molecule has 0 heterocycles. The van der Waals surface area contributed by atoms with Gasteiger partial charge in [0.15, 0.2) is 0 Å². The van der Waals surface area contributed by atoms with Gasteiger partial charge in [-0.15, -0.1) is 0 Å². The lowest BCUT2D eigenvalue weighted by molar-refractivity contribution is -0.141. The Balaban J connectivity index is 1.47. The molecule has 1 unspecified atom stereocenters. The van der Waals surface area contributed by atoms with Crippen LogP contribution in [0.15, 0.2) is 95.9 Å². The van der Waals surface area contributed by atoms with Crippen LogP contribution in [0.2, 0.25) is 10.0 Å². The quantitative estimate of drug-likeness (QED) is 0.201. The summed E-state index contributed by atoms with van der Waals surface area (Å²) in [4.78, 5) is 29.6. The van der Waals surface area contributed by atoms with Crippen molar-refractivity contribution in [1.82, 2.24) is 14.5 Å². The van der Waals surface area contributed by atoms with Gasteiger partial charge in [0.1, 0.15) is 6.04 Å². The summed E-state index contributed by atoms with van der Waals surface area (Å²) in [5.74, 6) is -0.778. The van der Waals surface area contributed by atoms with Crippen molar-refractivity contribution < 1.29 is 18.0 Å². The fraction of sp³-hybridized carbons (Fsp3) is 0.294. The molecule has 1 fully saturated rings. The number of hydrogen-bond acceptors (Lipinski definition) is 4. The lowest BCUT2D eigenvalue weighted by Crippen LogP contribution is -2.54. The van der Waals surface area contributed by atoms with Crippen molar-refractivity contribution in [2.24, 2.45) is 0 Å². The highest BCUT2D eigenvalue weighted by Crippen LogP contribution is 2.26. The van der Waals surface area contributed by atoms with E-state index in [1.165, 1.54) is 11.9 Å². The van der Waals surface area contributed by atoms with Gasteiger partial charge >= 0.3 is 0 Å². The second-order valence-corrected chi connectivity index (χ2v) is 14.1. The lowest BCUT2D eigenvalue weighted by atomic mass is 10.0. The van der Waals surface area contributed by atoms with Crippen LogP contribution in [-0.2, 0) is 32.6 Å². The van der Waals surface area contributed by atoms with Gasteiger partial charge in [-0.05, 0) is 59.0 Å². The number of sulfonamides is 1. The predicted molar refractivity (Wildman–Crippen MR) is 175 cm³/mol. The van der Waals surface area contributed by atoms with E-state index in [9.17, 15) is 18.0 Å². The maximum Gasteiger partial charge on any atom is 0.243 e. The summed E-state index contributed by atoms with van der Waals surface area (Å²) < 4.78 is 28.3. The monoisotopic (exact) mass is 651 g/mol. The van der Waals surface area contributed by atoms with Crippen LogP contribution in [0.4, 0.5) is 0 Å². The van der Waals surface area contributed by atoms with Crippen LogP contribution in [0, 0.1) is 0 Å². The van der Waals surface area contributed by atoms with Gasteiger partial charge in [-0.3, -0.25) is 9.59 Å². The number of amides is 2. The minimum absolute atomic E-state index is 0.0369. The number of hydrogen-bond donors (Lipinski definition) is 1. The first-order chi connectivity index (χ1) is 21.1. The van der Waals surface area contributed by atoms with Crippen molar-refractivity contribution in [3.63, 3.8) is 0 Å². The fourth-order valence-electron chi connectivity index (χ4n) is 5.63. The molecule has 44 heavy (non-hydrogen) atoms. The largest absolute Gasteiger partial charge is 0.352 e. The van der Waals surface area contributed by atoms with Crippen LogP contribution in [-0.4, -0.2) is 55.1 Å². The summed E-state index contributed by atoms with van der Waals surface area (Å²) >= 11 is 12.5. The molecule has 10 heteroatoms. The summed E-state index contributed by atoms with van der Waals surface area (Å²) in [6.07, 6.45) is 4.11. The molecule has 1 saturated carbocycles. The first kappa shape index (κ1) is 32.0. The van der Waals surface area contributed by atoms with Crippen LogP contribution in [0.3, 0.4) is 0 Å². The first-order valence-electron chi connectivity index (χ1n) is 14.6. The van der Waals surface area contributed by atoms with Gasteiger partial charge in [0, 0.05) is 26.1 Å². The van der Waals surface area contributed by atoms with E-state index in [1.54, 1.807) is 36.4 Å². The number of carbonyl (C=O) groups is 2. The van der Waals surface area contributed by atoms with Crippen LogP contribution in [0.5, 0.6) is 0 Å². The van der Waals surface area contributed by atoms with Crippen molar-refractivity contribution in [1.29, 1.82) is 0 Å². The molecule has 4 aromatic rings. The number of benzene rings is 4. The SMILES string of the molecule is CN(CC(=O)N(Cc1ccc(Cl)c(Cl)c1)C(Cc1ccccc1)C(=O)NC1CCCC1)S(=O)(=O)c1ccc2ccccc2c1. The highest BCUT2D eigenvalue weighted by atomic mass is 35.5. The molecular weight excluding hydrogens is 617 g/mol. The number of carbonyl (C=O) groups excluding carboxylic acids is 2. The Morgan fingerprint density at radius 2 is 1.52 bits per heavy atom. The molecule has 0 aromatic heterocycles. The third-order valence-electron chi connectivity index (χ3n) is 8.10. The van der Waals surface area contributed by atoms with Crippen molar-refractivity contribution >= 4 is 55.8 Å². The van der Waals surface area contributed by atoms with Crippen molar-refractivity contribution in [3.8, 4) is 0 Å². The zero-order valence-electron chi connectivity index (χ0n) is 24.5. The molecule has 0 aliphatic heterocycles. The third-order valence-corrected chi connectivity index (χ3v) is 10.6. The van der Waals surface area contributed by atoms with E-state index >= 15 is 0 Å². The molecule has 0 saturated heterocycles. The molecule has 0 radical (unpaired) electrons. The molecule has 7 nitrogen and oxygen atoms in total. The summed E-state index contributed by atoms with van der Waals surface area (Å²) in [6.45, 7) is -0.423. The molecule has 2 amide bonds. The van der Waals surface area contributed by atoms with E-state index in [0.29, 0.717) is 15.6 Å². The Bertz CT molecular complexity index is 1740. The topological polar surface area (TPSA) is 86.8 Å². The van der Waals surface area contributed by atoms with Gasteiger partial charge in [-0.1, -0.05) is 103 Å². The molecule has 230 valence electrons. The minimum Gasteiger partial charge on any atom is -0.352 e. The molecule has 1 atom stereocenters. The molecule has 4 aromatic carbocycles. The molecule has 1 aliphatic rings. The van der Waals surface area contributed by atoms with Gasteiger partial charge in [0.05, 0.1) is 21.5 Å². The molecule has 5 rings (SSSR count). The van der Waals surface area contributed by atoms with Crippen LogP contribution in [0.25, 0.3) is 10.8 Å². The van der Waals surface area contributed by atoms with E-state index in [4.69, 9.17) is 23.2 Å². The average Bonchev–Trinajstić information content (AvgIpc) is 3.53. The highest BCUT2D eigenvalue weighted by molar-refractivity contribution is 7.89. The van der Waals surface area contributed by atoms with Crippen LogP contribution < -0.4 is 5.32 Å². The second-order valence-electron chi connectivity index (χ2n) is 11.2. The zero-order chi connectivity index (χ0) is 31.3. The van der Waals surface area contributed by atoms with Gasteiger partial charge in [-0.2, -0.15) is 4.31 Å². The van der Waals surface area contributed by atoms with Gasteiger partial charge in [0.2, 0.25) is 21.8 Å². The summed E-state index contributed by atoms with van der Waals surface area (Å²) in [5.41, 5.74) is 1.54. The smallest absolute Gasteiger partial charge is 0.243 e. The Morgan fingerprint density at radius 3 is 2.23 bits per heavy atom. The van der Waals surface area contributed by atoms with Gasteiger partial charge < -0.3 is 10.2 Å². The summed E-state index contributed by atoms with van der Waals surface area (Å²) in [7, 11) is -2.64. The number of nitrogens with one attached hydrogen (secondary N) is 1. The standard InChI is InChI=1S/C34H35Cl2N3O4S/c1-38(44(42,43)29-17-16-26-11-5-6-12-27(26)21-29)23-33(40)39(22-25-15-18-30(35)31(36)19-25)32(20-24-9-3-2-4-10-24)34(41)37-28-13-7-8-14-28/h2-6,9-12,15-19,21,28,32H,7-8,13-14,20,22-23H2,1H3,(H,37,41). The Kier molecular flexibility index (Phi) is 10.3. The van der Waals surface area contributed by atoms with E-state index in [-0.39, 0.29) is 29.8 Å². The van der Waals surface area contributed by atoms with E-state index in [0.717, 1.165) is 46.3 Å². The molecule has 1 aliphatic carbocycles. The Hall–Kier alpha value is -3.43. The fourth-order valence-corrected chi connectivity index (χ4v) is 7.11. The van der Waals surface area contributed by atoms with Crippen molar-refractivity contribution in [2.75, 3.05) is 13.6 Å². The van der Waals surface area contributed by atoms with Crippen molar-refractivity contribution in [3.05, 3.63) is 112 Å². The summed E-state index contributed by atoms with van der Waals surface area (Å²) in [6, 6.07) is 26.1. The second kappa shape index (κ2) is 14.1. The number of halogens is 2. The molecule has 0 bridgehead atoms. The number of rotatable bonds is 11. The molecule has 0 spiro atoms. The maximum absolute atomic E-state index is 14.2. The number of fused-ring (bicyclic) bond motifs is 1. The maximum atomic E-state index is 14.2. The van der Waals surface area contributed by atoms with Crippen LogP contribution in [0.1, 0.15) is 36.8 Å². The normalized spacial score (nSPS) is 14.5. The Labute approximate surface area is 268 Å². The number of nitrogens with zero attached hydrogens (tertiary/aromatic N) is 2. The van der Waals surface area contributed by atoms with Gasteiger partial charge in [0.25, 0.3) is 0 Å². The van der Waals surface area contributed by atoms with Gasteiger partial charge in [-0.25, -0.2) is 8.42 Å². The van der Waals surface area contributed by atoms with E-state index < -0.39 is 28.5 Å². The summed E-state index contributed by atoms with van der Waals surface area (Å²) in [5, 5.41) is 5.54. The number of likely N-dealkylation sites (N-methyl/N-ethyl adjacent to an activating group) is 1.